The molecule has 9 heteroatoms. The largest absolute Gasteiger partial charge is 0.586 e. The summed E-state index contributed by atoms with van der Waals surface area (Å²) in [7, 11) is 0. The molecule has 1 aromatic rings. The second kappa shape index (κ2) is 6.18. The van der Waals surface area contributed by atoms with Gasteiger partial charge in [-0.1, -0.05) is 6.07 Å². The summed E-state index contributed by atoms with van der Waals surface area (Å²) in [5.74, 6) is -0.195. The summed E-state index contributed by atoms with van der Waals surface area (Å²) in [6, 6.07) is 3.49. The van der Waals surface area contributed by atoms with Crippen LogP contribution in [0.25, 0.3) is 0 Å². The number of carbonyl (C=O) groups is 1. The Kier molecular flexibility index (Phi) is 4.24. The summed E-state index contributed by atoms with van der Waals surface area (Å²) in [5, 5.41) is 11.3. The minimum Gasteiger partial charge on any atom is -0.444 e. The van der Waals surface area contributed by atoms with Crippen molar-refractivity contribution in [1.82, 2.24) is 4.90 Å². The lowest BCUT2D eigenvalue weighted by molar-refractivity contribution is -0.286. The second-order valence-corrected chi connectivity index (χ2v) is 8.50. The molecule has 1 N–H and O–H groups in total. The van der Waals surface area contributed by atoms with E-state index in [9.17, 15) is 18.7 Å². The number of carbonyl (C=O) groups excluding carboxylic acids is 1. The molecule has 0 aromatic heterocycles. The number of aliphatic hydroxyl groups is 1. The standard InChI is InChI=1S/C19H23F2NO6/c1-17(2,3)28-16(23)22-12-7-18(24,8-13(22)10-25-9-12)11-4-5-14-15(6-11)27-19(20,21)26-14/h4-6,12-13,24H,7-10H2,1-3H3. The van der Waals surface area contributed by atoms with E-state index in [1.54, 1.807) is 31.7 Å². The van der Waals surface area contributed by atoms with Gasteiger partial charge in [0.15, 0.2) is 11.5 Å². The summed E-state index contributed by atoms with van der Waals surface area (Å²) in [4.78, 5) is 14.3. The molecule has 7 nitrogen and oxygen atoms in total. The minimum atomic E-state index is -3.71. The van der Waals surface area contributed by atoms with Gasteiger partial charge in [0.1, 0.15) is 5.60 Å². The highest BCUT2D eigenvalue weighted by Crippen LogP contribution is 2.46. The zero-order valence-corrected chi connectivity index (χ0v) is 15.9. The highest BCUT2D eigenvalue weighted by molar-refractivity contribution is 5.69. The van der Waals surface area contributed by atoms with Crippen molar-refractivity contribution in [1.29, 1.82) is 0 Å². The number of halogens is 2. The fraction of sp³-hybridized carbons (Fsp3) is 0.632. The fourth-order valence-corrected chi connectivity index (χ4v) is 4.06. The Hall–Kier alpha value is -2.13. The van der Waals surface area contributed by atoms with E-state index in [4.69, 9.17) is 9.47 Å². The van der Waals surface area contributed by atoms with Crippen molar-refractivity contribution in [2.75, 3.05) is 13.2 Å². The molecule has 2 unspecified atom stereocenters. The van der Waals surface area contributed by atoms with E-state index >= 15 is 0 Å². The van der Waals surface area contributed by atoms with Crippen molar-refractivity contribution in [2.24, 2.45) is 0 Å². The molecule has 1 aromatic carbocycles. The van der Waals surface area contributed by atoms with Gasteiger partial charge in [0.25, 0.3) is 0 Å². The highest BCUT2D eigenvalue weighted by atomic mass is 19.3. The number of nitrogens with zero attached hydrogens (tertiary/aromatic N) is 1. The van der Waals surface area contributed by atoms with Crippen molar-refractivity contribution >= 4 is 6.09 Å². The maximum absolute atomic E-state index is 13.3. The van der Waals surface area contributed by atoms with Crippen molar-refractivity contribution in [2.45, 2.75) is 63.2 Å². The van der Waals surface area contributed by atoms with Crippen LogP contribution in [0, 0.1) is 0 Å². The third-order valence-corrected chi connectivity index (χ3v) is 5.10. The maximum atomic E-state index is 13.3. The van der Waals surface area contributed by atoms with Crippen LogP contribution in [0.4, 0.5) is 13.6 Å². The zero-order chi connectivity index (χ0) is 20.3. The Morgan fingerprint density at radius 3 is 2.39 bits per heavy atom. The molecule has 3 heterocycles. The fourth-order valence-electron chi connectivity index (χ4n) is 4.06. The van der Waals surface area contributed by atoms with Gasteiger partial charge in [-0.3, -0.25) is 4.90 Å². The van der Waals surface area contributed by atoms with Gasteiger partial charge in [-0.25, -0.2) is 4.79 Å². The summed E-state index contributed by atoms with van der Waals surface area (Å²) in [6.45, 7) is 5.90. The van der Waals surface area contributed by atoms with Gasteiger partial charge < -0.3 is 24.1 Å². The molecule has 2 fully saturated rings. The van der Waals surface area contributed by atoms with Crippen LogP contribution < -0.4 is 9.47 Å². The molecule has 0 radical (unpaired) electrons. The number of morpholine rings is 1. The number of piperidine rings is 1. The van der Waals surface area contributed by atoms with Crippen molar-refractivity contribution in [3.63, 3.8) is 0 Å². The molecule has 2 bridgehead atoms. The minimum absolute atomic E-state index is 0.0768. The van der Waals surface area contributed by atoms with Crippen LogP contribution in [0.3, 0.4) is 0 Å². The summed E-state index contributed by atoms with van der Waals surface area (Å²) >= 11 is 0. The molecule has 0 saturated carbocycles. The third-order valence-electron chi connectivity index (χ3n) is 5.10. The quantitative estimate of drug-likeness (QED) is 0.782. The Balaban J connectivity index is 1.58. The Labute approximate surface area is 161 Å². The topological polar surface area (TPSA) is 77.5 Å². The molecular weight excluding hydrogens is 376 g/mol. The van der Waals surface area contributed by atoms with Gasteiger partial charge in [0.05, 0.1) is 30.9 Å². The van der Waals surface area contributed by atoms with Crippen molar-refractivity contribution in [3.05, 3.63) is 23.8 Å². The number of amides is 1. The van der Waals surface area contributed by atoms with Crippen LogP contribution in [0.2, 0.25) is 0 Å². The number of fused-ring (bicyclic) bond motifs is 3. The number of rotatable bonds is 1. The van der Waals surface area contributed by atoms with E-state index in [-0.39, 0.29) is 49.6 Å². The summed E-state index contributed by atoms with van der Waals surface area (Å²) < 4.78 is 46.6. The molecular formula is C19H23F2NO6. The Bertz CT molecular complexity index is 779. The molecule has 0 aliphatic carbocycles. The van der Waals surface area contributed by atoms with Crippen LogP contribution in [0.15, 0.2) is 18.2 Å². The van der Waals surface area contributed by atoms with Gasteiger partial charge in [0.2, 0.25) is 0 Å². The van der Waals surface area contributed by atoms with Crippen LogP contribution >= 0.6 is 0 Å². The molecule has 2 saturated heterocycles. The predicted molar refractivity (Wildman–Crippen MR) is 92.2 cm³/mol. The first kappa shape index (κ1) is 19.2. The molecule has 3 aliphatic heterocycles. The average Bonchev–Trinajstić information content (AvgIpc) is 2.85. The third kappa shape index (κ3) is 3.48. The lowest BCUT2D eigenvalue weighted by Gasteiger charge is -2.51. The van der Waals surface area contributed by atoms with Gasteiger partial charge in [-0.05, 0) is 38.5 Å². The average molecular weight is 399 g/mol. The predicted octanol–water partition coefficient (Wildman–Crippen LogP) is 2.99. The number of alkyl halides is 2. The molecule has 0 spiro atoms. The van der Waals surface area contributed by atoms with Gasteiger partial charge in [-0.15, -0.1) is 8.78 Å². The van der Waals surface area contributed by atoms with E-state index in [0.29, 0.717) is 5.56 Å². The van der Waals surface area contributed by atoms with E-state index in [1.165, 1.54) is 12.1 Å². The number of hydrogen-bond donors (Lipinski definition) is 1. The molecule has 1 amide bonds. The van der Waals surface area contributed by atoms with Gasteiger partial charge >= 0.3 is 12.4 Å². The van der Waals surface area contributed by atoms with E-state index < -0.39 is 23.6 Å². The normalized spacial score (nSPS) is 30.9. The number of hydrogen-bond acceptors (Lipinski definition) is 6. The Morgan fingerprint density at radius 1 is 1.18 bits per heavy atom. The van der Waals surface area contributed by atoms with Crippen molar-refractivity contribution < 1.29 is 37.6 Å². The first-order valence-corrected chi connectivity index (χ1v) is 9.18. The highest BCUT2D eigenvalue weighted by Gasteiger charge is 2.51. The summed E-state index contributed by atoms with van der Waals surface area (Å²) in [5.41, 5.74) is -1.51. The first-order valence-electron chi connectivity index (χ1n) is 9.18. The number of ether oxygens (including phenoxy) is 4. The second-order valence-electron chi connectivity index (χ2n) is 8.50. The van der Waals surface area contributed by atoms with Crippen LogP contribution in [0.1, 0.15) is 39.2 Å². The van der Waals surface area contributed by atoms with E-state index in [1.807, 2.05) is 0 Å². The zero-order valence-electron chi connectivity index (χ0n) is 15.9. The van der Waals surface area contributed by atoms with E-state index in [0.717, 1.165) is 0 Å². The smallest absolute Gasteiger partial charge is 0.444 e. The lowest BCUT2D eigenvalue weighted by Crippen LogP contribution is -2.63. The first-order chi connectivity index (χ1) is 13.0. The van der Waals surface area contributed by atoms with Crippen LogP contribution in [0.5, 0.6) is 11.5 Å². The lowest BCUT2D eigenvalue weighted by atomic mass is 9.77. The number of benzene rings is 1. The molecule has 2 atom stereocenters. The van der Waals surface area contributed by atoms with Crippen molar-refractivity contribution in [3.8, 4) is 11.5 Å². The van der Waals surface area contributed by atoms with Gasteiger partial charge in [0, 0.05) is 12.8 Å². The SMILES string of the molecule is CC(C)(C)OC(=O)N1C2COCC1CC(O)(c1ccc3c(c1)OC(F)(F)O3)C2. The summed E-state index contributed by atoms with van der Waals surface area (Å²) in [6.07, 6.45) is -3.77. The molecule has 154 valence electrons. The van der Waals surface area contributed by atoms with Gasteiger partial charge in [-0.2, -0.15) is 0 Å². The molecule has 3 aliphatic rings. The van der Waals surface area contributed by atoms with Crippen LogP contribution in [-0.4, -0.2) is 53.3 Å². The van der Waals surface area contributed by atoms with E-state index in [2.05, 4.69) is 9.47 Å². The Morgan fingerprint density at radius 2 is 1.79 bits per heavy atom. The molecule has 4 rings (SSSR count). The maximum Gasteiger partial charge on any atom is 0.586 e. The monoisotopic (exact) mass is 399 g/mol. The molecule has 28 heavy (non-hydrogen) atoms. The van der Waals surface area contributed by atoms with Crippen LogP contribution in [-0.2, 0) is 15.1 Å².